The smallest absolute Gasteiger partial charge is 0.247 e. The first-order chi connectivity index (χ1) is 6.70. The van der Waals surface area contributed by atoms with Gasteiger partial charge in [0, 0.05) is 0 Å². The number of rotatable bonds is 2. The van der Waals surface area contributed by atoms with Gasteiger partial charge in [-0.2, -0.15) is 0 Å². The summed E-state index contributed by atoms with van der Waals surface area (Å²) >= 11 is 1.56. The third kappa shape index (κ3) is 1.21. The Kier molecular flexibility index (Phi) is 2.39. The van der Waals surface area contributed by atoms with E-state index in [2.05, 4.69) is 5.32 Å². The maximum absolute atomic E-state index is 11.7. The lowest BCUT2D eigenvalue weighted by Crippen LogP contribution is -2.39. The van der Waals surface area contributed by atoms with Crippen LogP contribution < -0.4 is 5.32 Å². The number of imide groups is 1. The van der Waals surface area contributed by atoms with Gasteiger partial charge >= 0.3 is 0 Å². The average Bonchev–Trinajstić information content (AvgIpc) is 2.41. The van der Waals surface area contributed by atoms with Crippen molar-refractivity contribution in [3.8, 4) is 0 Å². The summed E-state index contributed by atoms with van der Waals surface area (Å²) in [5, 5.41) is 2.43. The normalized spacial score (nSPS) is 35.6. The quantitative estimate of drug-likeness (QED) is 0.549. The molecule has 2 atom stereocenters. The minimum absolute atomic E-state index is 0.0969. The average molecular weight is 211 g/mol. The second-order valence-corrected chi connectivity index (χ2v) is 5.12. The van der Waals surface area contributed by atoms with Gasteiger partial charge in [-0.05, 0) is 18.6 Å². The van der Waals surface area contributed by atoms with Crippen LogP contribution in [-0.4, -0.2) is 22.3 Å². The molecule has 2 rings (SSSR count). The first kappa shape index (κ1) is 9.77. The van der Waals surface area contributed by atoms with E-state index in [9.17, 15) is 9.59 Å². The fourth-order valence-electron chi connectivity index (χ4n) is 2.16. The molecule has 0 saturated carbocycles. The van der Waals surface area contributed by atoms with Crippen LogP contribution in [0.1, 0.15) is 19.8 Å². The second-order valence-electron chi connectivity index (χ2n) is 3.58. The number of carbonyl (C=O) groups excluding carboxylic acids is 2. The standard InChI is InChI=1S/C10H13NO2S/c1-2-14-10-6-4-3-5-7(10)8(12)11-9(10)13/h4,6-7H,2-3,5H2,1H3,(H,11,12,13). The number of nitrogens with one attached hydrogen (secondary N) is 1. The lowest BCUT2D eigenvalue weighted by Gasteiger charge is -2.29. The highest BCUT2D eigenvalue weighted by atomic mass is 32.2. The molecule has 4 heteroatoms. The number of hydrogen-bond donors (Lipinski definition) is 1. The Labute approximate surface area is 87.3 Å². The van der Waals surface area contributed by atoms with Crippen molar-refractivity contribution < 1.29 is 9.59 Å². The molecule has 3 nitrogen and oxygen atoms in total. The summed E-state index contributed by atoms with van der Waals surface area (Å²) in [4.78, 5) is 23.2. The van der Waals surface area contributed by atoms with Crippen LogP contribution in [0.25, 0.3) is 0 Å². The third-order valence-corrected chi connectivity index (χ3v) is 4.17. The predicted octanol–water partition coefficient (Wildman–Crippen LogP) is 1.10. The lowest BCUT2D eigenvalue weighted by atomic mass is 9.85. The highest BCUT2D eigenvalue weighted by molar-refractivity contribution is 8.01. The van der Waals surface area contributed by atoms with E-state index in [1.807, 2.05) is 19.1 Å². The highest BCUT2D eigenvalue weighted by Crippen LogP contribution is 2.43. The predicted molar refractivity (Wildman–Crippen MR) is 55.9 cm³/mol. The van der Waals surface area contributed by atoms with Crippen molar-refractivity contribution in [3.05, 3.63) is 12.2 Å². The summed E-state index contributed by atoms with van der Waals surface area (Å²) in [5.74, 6) is 0.474. The highest BCUT2D eigenvalue weighted by Gasteiger charge is 2.54. The van der Waals surface area contributed by atoms with Crippen molar-refractivity contribution >= 4 is 23.6 Å². The van der Waals surface area contributed by atoms with Gasteiger partial charge < -0.3 is 0 Å². The van der Waals surface area contributed by atoms with Crippen LogP contribution >= 0.6 is 11.8 Å². The molecule has 0 bridgehead atoms. The monoisotopic (exact) mass is 211 g/mol. The van der Waals surface area contributed by atoms with Gasteiger partial charge in [-0.25, -0.2) is 0 Å². The van der Waals surface area contributed by atoms with Crippen molar-refractivity contribution in [3.63, 3.8) is 0 Å². The summed E-state index contributed by atoms with van der Waals surface area (Å²) in [5.41, 5.74) is 0. The SMILES string of the molecule is CCSC12C=CCCC1C(=O)NC2=O. The van der Waals surface area contributed by atoms with Crippen LogP contribution in [0.4, 0.5) is 0 Å². The molecule has 2 aliphatic rings. The summed E-state index contributed by atoms with van der Waals surface area (Å²) in [6.07, 6.45) is 5.62. The third-order valence-electron chi connectivity index (χ3n) is 2.80. The lowest BCUT2D eigenvalue weighted by molar-refractivity contribution is -0.125. The number of allylic oxidation sites excluding steroid dienone is 1. The van der Waals surface area contributed by atoms with Gasteiger partial charge in [0.05, 0.1) is 5.92 Å². The van der Waals surface area contributed by atoms with Gasteiger partial charge in [0.2, 0.25) is 11.8 Å². The number of amides is 2. The van der Waals surface area contributed by atoms with Crippen molar-refractivity contribution in [1.29, 1.82) is 0 Å². The molecule has 0 aromatic heterocycles. The van der Waals surface area contributed by atoms with Gasteiger partial charge in [0.25, 0.3) is 0 Å². The number of fused-ring (bicyclic) bond motifs is 1. The molecule has 2 unspecified atom stereocenters. The van der Waals surface area contributed by atoms with Gasteiger partial charge in [0.1, 0.15) is 4.75 Å². The molecule has 0 radical (unpaired) electrons. The Morgan fingerprint density at radius 3 is 3.14 bits per heavy atom. The molecular formula is C10H13NO2S. The Balaban J connectivity index is 2.39. The first-order valence-corrected chi connectivity index (χ1v) is 5.86. The zero-order valence-electron chi connectivity index (χ0n) is 8.08. The van der Waals surface area contributed by atoms with E-state index >= 15 is 0 Å². The Hall–Kier alpha value is -0.770. The topological polar surface area (TPSA) is 46.2 Å². The largest absolute Gasteiger partial charge is 0.295 e. The zero-order valence-corrected chi connectivity index (χ0v) is 8.89. The van der Waals surface area contributed by atoms with E-state index in [4.69, 9.17) is 0 Å². The minimum Gasteiger partial charge on any atom is -0.295 e. The summed E-state index contributed by atoms with van der Waals surface area (Å²) in [7, 11) is 0. The zero-order chi connectivity index (χ0) is 10.2. The Bertz CT molecular complexity index is 313. The molecule has 2 amide bonds. The minimum atomic E-state index is -0.593. The summed E-state index contributed by atoms with van der Waals surface area (Å²) in [6.45, 7) is 2.01. The fourth-order valence-corrected chi connectivity index (χ4v) is 3.44. The van der Waals surface area contributed by atoms with E-state index in [1.54, 1.807) is 11.8 Å². The molecule has 14 heavy (non-hydrogen) atoms. The van der Waals surface area contributed by atoms with E-state index < -0.39 is 4.75 Å². The van der Waals surface area contributed by atoms with Crippen molar-refractivity contribution in [2.24, 2.45) is 5.92 Å². The molecule has 0 spiro atoms. The van der Waals surface area contributed by atoms with Crippen LogP contribution in [0.15, 0.2) is 12.2 Å². The summed E-state index contributed by atoms with van der Waals surface area (Å²) in [6, 6.07) is 0. The molecule has 0 aromatic rings. The summed E-state index contributed by atoms with van der Waals surface area (Å²) < 4.78 is -0.593. The molecule has 1 saturated heterocycles. The number of hydrogen-bond acceptors (Lipinski definition) is 3. The van der Waals surface area contributed by atoms with Gasteiger partial charge in [-0.15, -0.1) is 11.8 Å². The van der Waals surface area contributed by atoms with E-state index in [-0.39, 0.29) is 17.7 Å². The van der Waals surface area contributed by atoms with E-state index in [1.165, 1.54) is 0 Å². The van der Waals surface area contributed by atoms with E-state index in [0.29, 0.717) is 0 Å². The van der Waals surface area contributed by atoms with Crippen LogP contribution in [0, 0.1) is 5.92 Å². The molecule has 1 fully saturated rings. The van der Waals surface area contributed by atoms with Crippen molar-refractivity contribution in [2.45, 2.75) is 24.5 Å². The van der Waals surface area contributed by atoms with Crippen LogP contribution in [0.2, 0.25) is 0 Å². The molecule has 1 heterocycles. The Morgan fingerprint density at radius 2 is 2.43 bits per heavy atom. The maximum Gasteiger partial charge on any atom is 0.247 e. The second kappa shape index (κ2) is 3.42. The molecule has 76 valence electrons. The van der Waals surface area contributed by atoms with Crippen LogP contribution in [0.3, 0.4) is 0 Å². The van der Waals surface area contributed by atoms with Crippen LogP contribution in [-0.2, 0) is 9.59 Å². The molecule has 1 N–H and O–H groups in total. The molecular weight excluding hydrogens is 198 g/mol. The Morgan fingerprint density at radius 1 is 1.64 bits per heavy atom. The first-order valence-electron chi connectivity index (χ1n) is 4.87. The van der Waals surface area contributed by atoms with E-state index in [0.717, 1.165) is 18.6 Å². The van der Waals surface area contributed by atoms with Gasteiger partial charge in [-0.3, -0.25) is 14.9 Å². The number of carbonyl (C=O) groups is 2. The van der Waals surface area contributed by atoms with Gasteiger partial charge in [-0.1, -0.05) is 19.1 Å². The van der Waals surface area contributed by atoms with Crippen LogP contribution in [0.5, 0.6) is 0 Å². The number of thioether (sulfide) groups is 1. The van der Waals surface area contributed by atoms with Crippen molar-refractivity contribution in [1.82, 2.24) is 5.32 Å². The molecule has 1 aliphatic carbocycles. The van der Waals surface area contributed by atoms with Gasteiger partial charge in [0.15, 0.2) is 0 Å². The molecule has 1 aliphatic heterocycles. The fraction of sp³-hybridized carbons (Fsp3) is 0.600. The maximum atomic E-state index is 11.7. The van der Waals surface area contributed by atoms with Crippen molar-refractivity contribution in [2.75, 3.05) is 5.75 Å². The molecule has 0 aromatic carbocycles.